The van der Waals surface area contributed by atoms with E-state index in [0.717, 1.165) is 21.7 Å². The topological polar surface area (TPSA) is 75.4 Å². The number of halogens is 1. The molecule has 5 nitrogen and oxygen atoms in total. The molecule has 0 aliphatic heterocycles. The van der Waals surface area contributed by atoms with Gasteiger partial charge in [0.1, 0.15) is 22.6 Å². The van der Waals surface area contributed by atoms with Gasteiger partial charge in [0.05, 0.1) is 11.4 Å². The third-order valence-electron chi connectivity index (χ3n) is 4.49. The number of carbonyl (C=O) groups is 1. The van der Waals surface area contributed by atoms with Crippen molar-refractivity contribution in [2.45, 2.75) is 19.4 Å². The van der Waals surface area contributed by atoms with Crippen LogP contribution in [0.3, 0.4) is 0 Å². The molecule has 1 atom stereocenters. The van der Waals surface area contributed by atoms with Crippen molar-refractivity contribution in [1.82, 2.24) is 5.16 Å². The minimum absolute atomic E-state index is 0.186. The van der Waals surface area contributed by atoms with Crippen LogP contribution < -0.4 is 9.84 Å². The summed E-state index contributed by atoms with van der Waals surface area (Å²) in [5.74, 6) is -1.07. The van der Waals surface area contributed by atoms with Crippen LogP contribution in [-0.4, -0.2) is 17.2 Å². The quantitative estimate of drug-likeness (QED) is 0.518. The maximum absolute atomic E-state index is 11.1. The van der Waals surface area contributed by atoms with Gasteiger partial charge in [-0.2, -0.15) is 0 Å². The number of ether oxygens (including phenoxy) is 1. The summed E-state index contributed by atoms with van der Waals surface area (Å²) in [5.41, 5.74) is 1.95. The summed E-state index contributed by atoms with van der Waals surface area (Å²) in [5, 5.41) is 18.4. The molecule has 0 saturated heterocycles. The van der Waals surface area contributed by atoms with Gasteiger partial charge >= 0.3 is 0 Å². The van der Waals surface area contributed by atoms with E-state index in [1.807, 2.05) is 42.5 Å². The average molecular weight is 381 g/mol. The van der Waals surface area contributed by atoms with E-state index in [1.165, 1.54) is 0 Å². The van der Waals surface area contributed by atoms with E-state index in [9.17, 15) is 9.90 Å². The average Bonchev–Trinajstić information content (AvgIpc) is 3.11. The molecule has 4 aromatic rings. The third-order valence-corrected chi connectivity index (χ3v) is 4.85. The lowest BCUT2D eigenvalue weighted by Gasteiger charge is -2.18. The minimum atomic E-state index is -1.29. The molecule has 6 heteroatoms. The minimum Gasteiger partial charge on any atom is -0.546 e. The Morgan fingerprint density at radius 1 is 1.15 bits per heavy atom. The molecule has 3 aromatic carbocycles. The van der Waals surface area contributed by atoms with E-state index >= 15 is 0 Å². The van der Waals surface area contributed by atoms with Gasteiger partial charge in [-0.15, -0.1) is 0 Å². The molecule has 1 heterocycles. The molecule has 0 bridgehead atoms. The molecule has 1 aromatic heterocycles. The van der Waals surface area contributed by atoms with Crippen LogP contribution in [0.5, 0.6) is 5.75 Å². The first-order chi connectivity index (χ1) is 13.1. The van der Waals surface area contributed by atoms with E-state index in [1.54, 1.807) is 19.1 Å². The molecule has 27 heavy (non-hydrogen) atoms. The van der Waals surface area contributed by atoms with Crippen molar-refractivity contribution in [3.63, 3.8) is 0 Å². The molecular formula is C21H15ClNO4-. The zero-order valence-electron chi connectivity index (χ0n) is 14.4. The smallest absolute Gasteiger partial charge is 0.189 e. The van der Waals surface area contributed by atoms with Crippen LogP contribution in [-0.2, 0) is 4.79 Å². The SMILES string of the molecule is CCC(Oc1ccc2c(-c3cccc4ccccc34)noc2c1Cl)C(=O)[O-]. The number of fused-ring (bicyclic) bond motifs is 2. The predicted molar refractivity (Wildman–Crippen MR) is 102 cm³/mol. The summed E-state index contributed by atoms with van der Waals surface area (Å²) in [6, 6.07) is 17.4. The van der Waals surface area contributed by atoms with Crippen molar-refractivity contribution >= 4 is 39.3 Å². The Morgan fingerprint density at radius 2 is 1.93 bits per heavy atom. The zero-order chi connectivity index (χ0) is 19.0. The molecule has 0 N–H and O–H groups in total. The summed E-state index contributed by atoms with van der Waals surface area (Å²) >= 11 is 6.39. The molecule has 0 amide bonds. The van der Waals surface area contributed by atoms with Gasteiger partial charge in [0.2, 0.25) is 0 Å². The zero-order valence-corrected chi connectivity index (χ0v) is 15.2. The van der Waals surface area contributed by atoms with Gasteiger partial charge in [-0.3, -0.25) is 0 Å². The first kappa shape index (κ1) is 17.4. The molecule has 0 aliphatic carbocycles. The number of rotatable bonds is 5. The van der Waals surface area contributed by atoms with Crippen LogP contribution in [0.4, 0.5) is 0 Å². The van der Waals surface area contributed by atoms with Gasteiger partial charge in [-0.1, -0.05) is 66.1 Å². The van der Waals surface area contributed by atoms with E-state index in [0.29, 0.717) is 11.3 Å². The van der Waals surface area contributed by atoms with Gasteiger partial charge in [-0.25, -0.2) is 0 Å². The molecule has 0 saturated carbocycles. The monoisotopic (exact) mass is 380 g/mol. The van der Waals surface area contributed by atoms with E-state index in [2.05, 4.69) is 5.16 Å². The van der Waals surface area contributed by atoms with Crippen LogP contribution in [0.2, 0.25) is 5.02 Å². The maximum atomic E-state index is 11.1. The van der Waals surface area contributed by atoms with Gasteiger partial charge in [0.25, 0.3) is 0 Å². The van der Waals surface area contributed by atoms with Crippen LogP contribution in [0.1, 0.15) is 13.3 Å². The highest BCUT2D eigenvalue weighted by Gasteiger charge is 2.19. The lowest BCUT2D eigenvalue weighted by Crippen LogP contribution is -2.39. The van der Waals surface area contributed by atoms with Crippen molar-refractivity contribution < 1.29 is 19.2 Å². The number of aromatic nitrogens is 1. The number of aliphatic carboxylic acids is 1. The lowest BCUT2D eigenvalue weighted by molar-refractivity contribution is -0.313. The Bertz CT molecular complexity index is 1150. The van der Waals surface area contributed by atoms with Crippen molar-refractivity contribution in [2.24, 2.45) is 0 Å². The number of hydrogen-bond acceptors (Lipinski definition) is 5. The van der Waals surface area contributed by atoms with E-state index in [-0.39, 0.29) is 17.2 Å². The van der Waals surface area contributed by atoms with Crippen molar-refractivity contribution in [2.75, 3.05) is 0 Å². The molecule has 4 rings (SSSR count). The van der Waals surface area contributed by atoms with Gasteiger partial charge in [0, 0.05) is 5.56 Å². The largest absolute Gasteiger partial charge is 0.546 e. The second-order valence-electron chi connectivity index (χ2n) is 6.15. The second-order valence-corrected chi connectivity index (χ2v) is 6.52. The fourth-order valence-corrected chi connectivity index (χ4v) is 3.37. The van der Waals surface area contributed by atoms with Crippen molar-refractivity contribution in [1.29, 1.82) is 0 Å². The fourth-order valence-electron chi connectivity index (χ4n) is 3.12. The normalized spacial score (nSPS) is 12.4. The Labute approximate surface area is 160 Å². The number of carbonyl (C=O) groups excluding carboxylic acids is 1. The molecule has 0 aliphatic rings. The standard InChI is InChI=1S/C21H16ClNO4/c1-2-16(21(24)25)26-17-11-10-15-19(23-27-20(15)18(17)22)14-9-5-7-12-6-3-4-8-13(12)14/h3-11,16H,2H2,1H3,(H,24,25)/p-1. The number of carboxylic acid groups (broad SMARTS) is 1. The van der Waals surface area contributed by atoms with Crippen molar-refractivity contribution in [3.8, 4) is 17.0 Å². The predicted octanol–water partition coefficient (Wildman–Crippen LogP) is 4.21. The summed E-state index contributed by atoms with van der Waals surface area (Å²) in [4.78, 5) is 11.1. The van der Waals surface area contributed by atoms with Crippen LogP contribution >= 0.6 is 11.6 Å². The van der Waals surface area contributed by atoms with Gasteiger partial charge in [-0.05, 0) is 29.3 Å². The maximum Gasteiger partial charge on any atom is 0.189 e. The van der Waals surface area contributed by atoms with E-state index in [4.69, 9.17) is 20.9 Å². The second kappa shape index (κ2) is 6.93. The Balaban J connectivity index is 1.83. The van der Waals surface area contributed by atoms with Crippen LogP contribution in [0.15, 0.2) is 59.1 Å². The molecule has 1 unspecified atom stereocenters. The molecule has 0 spiro atoms. The number of benzene rings is 3. The Morgan fingerprint density at radius 3 is 2.70 bits per heavy atom. The molecule has 0 radical (unpaired) electrons. The fraction of sp³-hybridized carbons (Fsp3) is 0.143. The van der Waals surface area contributed by atoms with Crippen LogP contribution in [0, 0.1) is 0 Å². The first-order valence-corrected chi connectivity index (χ1v) is 8.91. The number of carboxylic acids is 1. The molecule has 136 valence electrons. The van der Waals surface area contributed by atoms with Crippen molar-refractivity contribution in [3.05, 3.63) is 59.6 Å². The first-order valence-electron chi connectivity index (χ1n) is 8.53. The highest BCUT2D eigenvalue weighted by molar-refractivity contribution is 6.36. The molecule has 0 fully saturated rings. The summed E-state index contributed by atoms with van der Waals surface area (Å²) < 4.78 is 10.9. The van der Waals surface area contributed by atoms with E-state index < -0.39 is 12.1 Å². The lowest BCUT2D eigenvalue weighted by atomic mass is 10.0. The summed E-state index contributed by atoms with van der Waals surface area (Å²) in [6.45, 7) is 1.69. The highest BCUT2D eigenvalue weighted by Crippen LogP contribution is 2.39. The summed E-state index contributed by atoms with van der Waals surface area (Å²) in [7, 11) is 0. The third kappa shape index (κ3) is 3.00. The number of hydrogen-bond donors (Lipinski definition) is 0. The highest BCUT2D eigenvalue weighted by atomic mass is 35.5. The Kier molecular flexibility index (Phi) is 4.46. The molecular weight excluding hydrogens is 366 g/mol. The summed E-state index contributed by atoms with van der Waals surface area (Å²) in [6.07, 6.45) is -0.825. The number of nitrogens with zero attached hydrogens (tertiary/aromatic N) is 1. The van der Waals surface area contributed by atoms with Gasteiger partial charge in [0.15, 0.2) is 5.58 Å². The van der Waals surface area contributed by atoms with Crippen LogP contribution in [0.25, 0.3) is 33.0 Å². The van der Waals surface area contributed by atoms with Gasteiger partial charge < -0.3 is 19.2 Å². The Hall–Kier alpha value is -3.05.